The minimum Gasteiger partial charge on any atom is -0.468 e. The number of nitrogens with zero attached hydrogens (tertiary/aromatic N) is 1. The maximum atomic E-state index is 12.2. The number of hydrogen-bond donors (Lipinski definition) is 2. The fraction of sp³-hybridized carbons (Fsp3) is 0.778. The molecular formula is C9H17N3O5S. The highest BCUT2D eigenvalue weighted by Gasteiger charge is 2.41. The van der Waals surface area contributed by atoms with Crippen molar-refractivity contribution in [2.24, 2.45) is 5.73 Å². The number of carbonyl (C=O) groups is 2. The van der Waals surface area contributed by atoms with Crippen LogP contribution < -0.4 is 11.1 Å². The van der Waals surface area contributed by atoms with Gasteiger partial charge < -0.3 is 15.8 Å². The lowest BCUT2D eigenvalue weighted by Crippen LogP contribution is -2.60. The highest BCUT2D eigenvalue weighted by molar-refractivity contribution is 7.90. The van der Waals surface area contributed by atoms with Gasteiger partial charge in [-0.1, -0.05) is 0 Å². The molecule has 1 amide bonds. The summed E-state index contributed by atoms with van der Waals surface area (Å²) in [5.74, 6) is -1.61. The molecule has 0 aromatic rings. The zero-order chi connectivity index (χ0) is 13.9. The first-order valence-electron chi connectivity index (χ1n) is 5.41. The van der Waals surface area contributed by atoms with Crippen molar-refractivity contribution in [2.45, 2.75) is 18.2 Å². The summed E-state index contributed by atoms with van der Waals surface area (Å²) in [5, 5.41) is 1.52. The molecule has 104 valence electrons. The average Bonchev–Trinajstić information content (AvgIpc) is 2.36. The quantitative estimate of drug-likeness (QED) is 0.555. The first-order chi connectivity index (χ1) is 8.32. The molecule has 0 bridgehead atoms. The van der Waals surface area contributed by atoms with E-state index >= 15 is 0 Å². The summed E-state index contributed by atoms with van der Waals surface area (Å²) in [4.78, 5) is 22.6. The number of methoxy groups -OCH3 is 1. The molecule has 18 heavy (non-hydrogen) atoms. The molecule has 8 nitrogen and oxygen atoms in total. The summed E-state index contributed by atoms with van der Waals surface area (Å²) in [7, 11) is -2.84. The van der Waals surface area contributed by atoms with Gasteiger partial charge in [0.1, 0.15) is 6.04 Å². The molecule has 0 spiro atoms. The third kappa shape index (κ3) is 2.79. The Balaban J connectivity index is 3.01. The highest BCUT2D eigenvalue weighted by atomic mass is 32.2. The molecule has 1 fully saturated rings. The van der Waals surface area contributed by atoms with Gasteiger partial charge in [0.05, 0.1) is 7.11 Å². The van der Waals surface area contributed by atoms with Gasteiger partial charge in [0, 0.05) is 19.6 Å². The number of nitrogens with two attached hydrogens (primary N) is 1. The molecular weight excluding hydrogens is 262 g/mol. The molecule has 1 heterocycles. The SMILES string of the molecule is COC(=O)C(C)S(=O)(=O)N1CCNCC1C(N)=O. The van der Waals surface area contributed by atoms with E-state index < -0.39 is 33.2 Å². The van der Waals surface area contributed by atoms with E-state index in [0.29, 0.717) is 6.54 Å². The van der Waals surface area contributed by atoms with Crippen LogP contribution in [0.3, 0.4) is 0 Å². The van der Waals surface area contributed by atoms with Crippen LogP contribution in [0.25, 0.3) is 0 Å². The Bertz CT molecular complexity index is 435. The zero-order valence-corrected chi connectivity index (χ0v) is 11.1. The third-order valence-corrected chi connectivity index (χ3v) is 5.01. The predicted molar refractivity (Wildman–Crippen MR) is 63.0 cm³/mol. The van der Waals surface area contributed by atoms with E-state index in [9.17, 15) is 18.0 Å². The van der Waals surface area contributed by atoms with Crippen LogP contribution in [0, 0.1) is 0 Å². The van der Waals surface area contributed by atoms with Gasteiger partial charge in [-0.05, 0) is 6.92 Å². The number of esters is 1. The number of sulfonamides is 1. The van der Waals surface area contributed by atoms with Crippen molar-refractivity contribution in [1.82, 2.24) is 9.62 Å². The summed E-state index contributed by atoms with van der Waals surface area (Å²) in [6.07, 6.45) is 0. The minimum atomic E-state index is -3.95. The summed E-state index contributed by atoms with van der Waals surface area (Å²) in [6.45, 7) is 1.86. The van der Waals surface area contributed by atoms with Crippen LogP contribution in [0.5, 0.6) is 0 Å². The second-order valence-electron chi connectivity index (χ2n) is 3.94. The maximum absolute atomic E-state index is 12.2. The van der Waals surface area contributed by atoms with E-state index in [1.807, 2.05) is 0 Å². The van der Waals surface area contributed by atoms with Crippen LogP contribution in [0.2, 0.25) is 0 Å². The molecule has 1 aliphatic rings. The van der Waals surface area contributed by atoms with Crippen LogP contribution in [0.4, 0.5) is 0 Å². The van der Waals surface area contributed by atoms with Crippen molar-refractivity contribution in [3.8, 4) is 0 Å². The van der Waals surface area contributed by atoms with Crippen molar-refractivity contribution in [3.05, 3.63) is 0 Å². The van der Waals surface area contributed by atoms with Crippen LogP contribution in [-0.4, -0.2) is 62.6 Å². The lowest BCUT2D eigenvalue weighted by molar-refractivity contribution is -0.140. The molecule has 2 unspecified atom stereocenters. The Hall–Kier alpha value is -1.19. The van der Waals surface area contributed by atoms with Crippen molar-refractivity contribution < 1.29 is 22.7 Å². The van der Waals surface area contributed by atoms with Gasteiger partial charge >= 0.3 is 5.97 Å². The van der Waals surface area contributed by atoms with Crippen molar-refractivity contribution in [3.63, 3.8) is 0 Å². The van der Waals surface area contributed by atoms with Gasteiger partial charge in [0.2, 0.25) is 15.9 Å². The molecule has 0 radical (unpaired) electrons. The number of rotatable bonds is 4. The summed E-state index contributed by atoms with van der Waals surface area (Å²) in [6, 6.07) is -0.976. The first kappa shape index (κ1) is 14.9. The number of amides is 1. The van der Waals surface area contributed by atoms with E-state index in [0.717, 1.165) is 11.4 Å². The molecule has 3 N–H and O–H groups in total. The molecule has 1 saturated heterocycles. The number of hydrogen-bond acceptors (Lipinski definition) is 6. The minimum absolute atomic E-state index is 0.0945. The average molecular weight is 279 g/mol. The Morgan fingerprint density at radius 1 is 1.50 bits per heavy atom. The van der Waals surface area contributed by atoms with E-state index in [4.69, 9.17) is 5.73 Å². The molecule has 0 aromatic carbocycles. The number of primary amides is 1. The fourth-order valence-corrected chi connectivity index (χ4v) is 3.35. The Morgan fingerprint density at radius 2 is 2.11 bits per heavy atom. The molecule has 0 saturated carbocycles. The highest BCUT2D eigenvalue weighted by Crippen LogP contribution is 2.15. The van der Waals surface area contributed by atoms with Gasteiger partial charge in [0.15, 0.2) is 5.25 Å². The van der Waals surface area contributed by atoms with Crippen LogP contribution in [0.15, 0.2) is 0 Å². The first-order valence-corrected chi connectivity index (χ1v) is 6.91. The lowest BCUT2D eigenvalue weighted by atomic mass is 10.2. The van der Waals surface area contributed by atoms with Crippen molar-refractivity contribution in [1.29, 1.82) is 0 Å². The topological polar surface area (TPSA) is 119 Å². The number of piperazine rings is 1. The fourth-order valence-electron chi connectivity index (χ4n) is 1.72. The lowest BCUT2D eigenvalue weighted by Gasteiger charge is -2.34. The van der Waals surface area contributed by atoms with Crippen LogP contribution >= 0.6 is 0 Å². The molecule has 9 heteroatoms. The smallest absolute Gasteiger partial charge is 0.325 e. The Labute approximate surface area is 105 Å². The Morgan fingerprint density at radius 3 is 2.61 bits per heavy atom. The van der Waals surface area contributed by atoms with Crippen LogP contribution in [-0.2, 0) is 24.3 Å². The summed E-state index contributed by atoms with van der Waals surface area (Å²) in [5.41, 5.74) is 5.16. The van der Waals surface area contributed by atoms with E-state index in [1.54, 1.807) is 0 Å². The van der Waals surface area contributed by atoms with Crippen molar-refractivity contribution in [2.75, 3.05) is 26.7 Å². The van der Waals surface area contributed by atoms with Gasteiger partial charge in [-0.3, -0.25) is 9.59 Å². The zero-order valence-electron chi connectivity index (χ0n) is 10.3. The summed E-state index contributed by atoms with van der Waals surface area (Å²) < 4.78 is 29.8. The Kier molecular flexibility index (Phi) is 4.65. The number of ether oxygens (including phenoxy) is 1. The third-order valence-electron chi connectivity index (χ3n) is 2.83. The van der Waals surface area contributed by atoms with Crippen LogP contribution in [0.1, 0.15) is 6.92 Å². The molecule has 0 aromatic heterocycles. The van der Waals surface area contributed by atoms with Gasteiger partial charge in [-0.2, -0.15) is 4.31 Å². The number of nitrogens with one attached hydrogen (secondary N) is 1. The normalized spacial score (nSPS) is 23.3. The molecule has 1 aliphatic heterocycles. The van der Waals surface area contributed by atoms with Gasteiger partial charge in [-0.15, -0.1) is 0 Å². The molecule has 1 rings (SSSR count). The number of carbonyl (C=O) groups excluding carboxylic acids is 2. The monoisotopic (exact) mass is 279 g/mol. The molecule has 0 aliphatic carbocycles. The predicted octanol–water partition coefficient (Wildman–Crippen LogP) is -2.36. The van der Waals surface area contributed by atoms with Crippen molar-refractivity contribution >= 4 is 21.9 Å². The standard InChI is InChI=1S/C9H17N3O5S/c1-6(9(14)17-2)18(15,16)12-4-3-11-5-7(12)8(10)13/h6-7,11H,3-5H2,1-2H3,(H2,10,13). The largest absolute Gasteiger partial charge is 0.468 e. The second kappa shape index (κ2) is 5.63. The molecule has 2 atom stereocenters. The van der Waals surface area contributed by atoms with Gasteiger partial charge in [-0.25, -0.2) is 8.42 Å². The maximum Gasteiger partial charge on any atom is 0.325 e. The summed E-state index contributed by atoms with van der Waals surface area (Å²) >= 11 is 0. The van der Waals surface area contributed by atoms with E-state index in [1.165, 1.54) is 6.92 Å². The van der Waals surface area contributed by atoms with E-state index in [-0.39, 0.29) is 13.1 Å². The van der Waals surface area contributed by atoms with E-state index in [2.05, 4.69) is 10.1 Å². The van der Waals surface area contributed by atoms with Gasteiger partial charge in [0.25, 0.3) is 0 Å². The second-order valence-corrected chi connectivity index (χ2v) is 6.15.